The van der Waals surface area contributed by atoms with Crippen LogP contribution in [0.25, 0.3) is 0 Å². The van der Waals surface area contributed by atoms with E-state index < -0.39 is 5.54 Å². The van der Waals surface area contributed by atoms with Crippen LogP contribution >= 0.6 is 0 Å². The number of imide groups is 1. The highest BCUT2D eigenvalue weighted by Gasteiger charge is 2.52. The summed E-state index contributed by atoms with van der Waals surface area (Å²) in [5, 5.41) is 3.08. The molecule has 1 atom stereocenters. The molecule has 0 aromatic heterocycles. The number of hydrogen-bond donors (Lipinski definition) is 1. The summed E-state index contributed by atoms with van der Waals surface area (Å²) in [6, 6.07) is 27.9. The summed E-state index contributed by atoms with van der Waals surface area (Å²) in [7, 11) is 0. The second kappa shape index (κ2) is 10.6. The predicted molar refractivity (Wildman–Crippen MR) is 141 cm³/mol. The zero-order chi connectivity index (χ0) is 25.0. The van der Waals surface area contributed by atoms with Crippen LogP contribution < -0.4 is 5.32 Å². The molecule has 0 radical (unpaired) electrons. The number of nitrogens with one attached hydrogen (secondary N) is 1. The summed E-state index contributed by atoms with van der Waals surface area (Å²) in [5.41, 5.74) is 3.32. The predicted octanol–water partition coefficient (Wildman–Crippen LogP) is 4.15. The Bertz CT molecular complexity index is 1180. The van der Waals surface area contributed by atoms with Crippen molar-refractivity contribution in [3.05, 3.63) is 107 Å². The molecule has 5 rings (SSSR count). The average molecular weight is 483 g/mol. The van der Waals surface area contributed by atoms with Crippen LogP contribution in [0, 0.1) is 6.92 Å². The molecule has 2 aliphatic heterocycles. The van der Waals surface area contributed by atoms with Gasteiger partial charge in [-0.25, -0.2) is 9.69 Å². The van der Waals surface area contributed by atoms with E-state index in [0.29, 0.717) is 13.1 Å². The SMILES string of the molecule is Cc1ccc(CN2CCCN(CN3C(=O)NC(Cc4ccccc4)(c4ccccc4)C3=O)CC2)cc1. The van der Waals surface area contributed by atoms with Crippen molar-refractivity contribution in [2.75, 3.05) is 32.8 Å². The van der Waals surface area contributed by atoms with Gasteiger partial charge in [0.1, 0.15) is 0 Å². The molecule has 3 aromatic carbocycles. The van der Waals surface area contributed by atoms with Crippen molar-refractivity contribution >= 4 is 11.9 Å². The highest BCUT2D eigenvalue weighted by atomic mass is 16.2. The lowest BCUT2D eigenvalue weighted by atomic mass is 9.83. The van der Waals surface area contributed by atoms with E-state index in [1.807, 2.05) is 60.7 Å². The second-order valence-corrected chi connectivity index (χ2v) is 9.97. The van der Waals surface area contributed by atoms with Crippen molar-refractivity contribution < 1.29 is 9.59 Å². The van der Waals surface area contributed by atoms with E-state index in [0.717, 1.165) is 50.3 Å². The van der Waals surface area contributed by atoms with E-state index in [-0.39, 0.29) is 11.9 Å². The standard InChI is InChI=1S/C30H34N4O2/c1-24-13-15-26(16-14-24)22-32-17-8-18-33(20-19-32)23-34-28(35)30(31-29(34)36,27-11-6-3-7-12-27)21-25-9-4-2-5-10-25/h2-7,9-16H,8,17-23H2,1H3,(H,31,36). The van der Waals surface area contributed by atoms with Crippen LogP contribution in [0.5, 0.6) is 0 Å². The molecular formula is C30H34N4O2. The van der Waals surface area contributed by atoms with Crippen molar-refractivity contribution in [3.63, 3.8) is 0 Å². The van der Waals surface area contributed by atoms with Gasteiger partial charge in [-0.1, -0.05) is 90.5 Å². The van der Waals surface area contributed by atoms with E-state index in [9.17, 15) is 9.59 Å². The van der Waals surface area contributed by atoms with Crippen LogP contribution in [0.2, 0.25) is 0 Å². The number of benzene rings is 3. The summed E-state index contributed by atoms with van der Waals surface area (Å²) in [5.74, 6) is -0.177. The Morgan fingerprint density at radius 3 is 2.11 bits per heavy atom. The summed E-state index contributed by atoms with van der Waals surface area (Å²) in [4.78, 5) is 33.3. The fourth-order valence-electron chi connectivity index (χ4n) is 5.27. The van der Waals surface area contributed by atoms with E-state index >= 15 is 0 Å². The van der Waals surface area contributed by atoms with Gasteiger partial charge in [-0.15, -0.1) is 0 Å². The molecule has 1 unspecified atom stereocenters. The molecule has 2 heterocycles. The molecular weight excluding hydrogens is 448 g/mol. The molecule has 6 nitrogen and oxygen atoms in total. The number of carbonyl (C=O) groups is 2. The first-order valence-electron chi connectivity index (χ1n) is 12.8. The molecule has 3 amide bonds. The Balaban J connectivity index is 1.29. The van der Waals surface area contributed by atoms with Crippen LogP contribution in [0.4, 0.5) is 4.79 Å². The number of carbonyl (C=O) groups excluding carboxylic acids is 2. The topological polar surface area (TPSA) is 55.9 Å². The van der Waals surface area contributed by atoms with Gasteiger partial charge in [0.15, 0.2) is 5.54 Å². The van der Waals surface area contributed by atoms with Crippen molar-refractivity contribution in [1.82, 2.24) is 20.0 Å². The Labute approximate surface area is 213 Å². The average Bonchev–Trinajstić information content (AvgIpc) is 3.03. The molecule has 3 aromatic rings. The largest absolute Gasteiger partial charge is 0.326 e. The van der Waals surface area contributed by atoms with Gasteiger partial charge in [-0.2, -0.15) is 0 Å². The van der Waals surface area contributed by atoms with Crippen LogP contribution in [0.3, 0.4) is 0 Å². The first-order valence-corrected chi connectivity index (χ1v) is 12.8. The minimum Gasteiger partial charge on any atom is -0.319 e. The molecule has 2 saturated heterocycles. The quantitative estimate of drug-likeness (QED) is 0.514. The smallest absolute Gasteiger partial charge is 0.319 e. The molecule has 36 heavy (non-hydrogen) atoms. The van der Waals surface area contributed by atoms with Crippen molar-refractivity contribution in [2.24, 2.45) is 0 Å². The maximum Gasteiger partial charge on any atom is 0.326 e. The molecule has 0 bridgehead atoms. The lowest BCUT2D eigenvalue weighted by Gasteiger charge is -2.29. The Hall–Kier alpha value is -3.48. The number of amides is 3. The van der Waals surface area contributed by atoms with Crippen molar-refractivity contribution in [1.29, 1.82) is 0 Å². The third kappa shape index (κ3) is 5.20. The third-order valence-electron chi connectivity index (χ3n) is 7.30. The molecule has 2 fully saturated rings. The van der Waals surface area contributed by atoms with Gasteiger partial charge in [0.05, 0.1) is 6.67 Å². The number of urea groups is 1. The first kappa shape index (κ1) is 24.2. The normalized spacial score (nSPS) is 21.4. The highest BCUT2D eigenvalue weighted by molar-refractivity contribution is 6.07. The number of hydrogen-bond acceptors (Lipinski definition) is 4. The number of nitrogens with zero attached hydrogens (tertiary/aromatic N) is 3. The summed E-state index contributed by atoms with van der Waals surface area (Å²) in [6.45, 7) is 6.93. The molecule has 0 spiro atoms. The molecule has 6 heteroatoms. The van der Waals surface area contributed by atoms with Crippen LogP contribution in [-0.2, 0) is 23.3 Å². The van der Waals surface area contributed by atoms with E-state index in [1.165, 1.54) is 16.0 Å². The van der Waals surface area contributed by atoms with Crippen molar-refractivity contribution in [2.45, 2.75) is 31.8 Å². The molecule has 186 valence electrons. The Morgan fingerprint density at radius 2 is 1.39 bits per heavy atom. The molecule has 0 aliphatic carbocycles. The second-order valence-electron chi connectivity index (χ2n) is 9.97. The molecule has 2 aliphatic rings. The first-order chi connectivity index (χ1) is 17.5. The van der Waals surface area contributed by atoms with Gasteiger partial charge in [0, 0.05) is 32.6 Å². The fraction of sp³-hybridized carbons (Fsp3) is 0.333. The van der Waals surface area contributed by atoms with Gasteiger partial charge in [-0.05, 0) is 36.6 Å². The highest BCUT2D eigenvalue weighted by Crippen LogP contribution is 2.33. The molecule has 1 N–H and O–H groups in total. The third-order valence-corrected chi connectivity index (χ3v) is 7.30. The minimum absolute atomic E-state index is 0.177. The van der Waals surface area contributed by atoms with Crippen LogP contribution in [0.15, 0.2) is 84.9 Å². The van der Waals surface area contributed by atoms with Gasteiger partial charge in [-0.3, -0.25) is 14.6 Å². The summed E-state index contributed by atoms with van der Waals surface area (Å²) in [6.07, 6.45) is 1.42. The zero-order valence-electron chi connectivity index (χ0n) is 20.9. The zero-order valence-corrected chi connectivity index (χ0v) is 20.9. The Morgan fingerprint density at radius 1 is 0.750 bits per heavy atom. The van der Waals surface area contributed by atoms with Gasteiger partial charge in [0.25, 0.3) is 5.91 Å². The van der Waals surface area contributed by atoms with Crippen LogP contribution in [-0.4, -0.2) is 59.5 Å². The monoisotopic (exact) mass is 482 g/mol. The van der Waals surface area contributed by atoms with E-state index in [1.54, 1.807) is 0 Å². The van der Waals surface area contributed by atoms with Gasteiger partial charge in [0.2, 0.25) is 0 Å². The van der Waals surface area contributed by atoms with E-state index in [2.05, 4.69) is 46.3 Å². The lowest BCUT2D eigenvalue weighted by molar-refractivity contribution is -0.133. The van der Waals surface area contributed by atoms with Gasteiger partial charge < -0.3 is 5.32 Å². The van der Waals surface area contributed by atoms with Crippen molar-refractivity contribution in [3.8, 4) is 0 Å². The lowest BCUT2D eigenvalue weighted by Crippen LogP contribution is -2.47. The Kier molecular flexibility index (Phi) is 7.16. The number of aryl methyl sites for hydroxylation is 1. The number of rotatable bonds is 7. The molecule has 0 saturated carbocycles. The van der Waals surface area contributed by atoms with Gasteiger partial charge >= 0.3 is 6.03 Å². The summed E-state index contributed by atoms with van der Waals surface area (Å²) < 4.78 is 0. The van der Waals surface area contributed by atoms with E-state index in [4.69, 9.17) is 0 Å². The minimum atomic E-state index is -1.09. The fourth-order valence-corrected chi connectivity index (χ4v) is 5.27. The van der Waals surface area contributed by atoms with Crippen LogP contribution in [0.1, 0.15) is 28.7 Å². The summed E-state index contributed by atoms with van der Waals surface area (Å²) >= 11 is 0. The maximum atomic E-state index is 13.9. The maximum absolute atomic E-state index is 13.9.